The number of aromatic hydroxyl groups is 1. The second-order valence-corrected chi connectivity index (χ2v) is 5.52. The Morgan fingerprint density at radius 3 is 2.74 bits per heavy atom. The fourth-order valence-electron chi connectivity index (χ4n) is 3.08. The van der Waals surface area contributed by atoms with Crippen molar-refractivity contribution in [3.8, 4) is 5.75 Å². The van der Waals surface area contributed by atoms with Gasteiger partial charge in [0.15, 0.2) is 0 Å². The Morgan fingerprint density at radius 2 is 2.00 bits per heavy atom. The molecule has 0 saturated carbocycles. The quantitative estimate of drug-likeness (QED) is 0.879. The van der Waals surface area contributed by atoms with Gasteiger partial charge in [-0.15, -0.1) is 0 Å². The first-order chi connectivity index (χ1) is 11.2. The third kappa shape index (κ3) is 3.16. The molecule has 1 aliphatic rings. The minimum atomic E-state index is -0.620. The third-order valence-corrected chi connectivity index (χ3v) is 4.14. The maximum Gasteiger partial charge on any atom is 0.328 e. The van der Waals surface area contributed by atoms with E-state index < -0.39 is 6.04 Å². The molecule has 122 valence electrons. The maximum atomic E-state index is 12.6. The Hall–Kier alpha value is -2.11. The van der Waals surface area contributed by atoms with Crippen LogP contribution in [0.1, 0.15) is 18.5 Å². The molecule has 1 saturated heterocycles. The van der Waals surface area contributed by atoms with Crippen LogP contribution >= 0.6 is 0 Å². The predicted molar refractivity (Wildman–Crippen MR) is 87.4 cm³/mol. The Labute approximate surface area is 135 Å². The number of hydrogen-bond acceptors (Lipinski definition) is 5. The number of nitrogens with zero attached hydrogens (tertiary/aromatic N) is 1. The summed E-state index contributed by atoms with van der Waals surface area (Å²) in [5.74, 6) is -0.214. The number of morpholine rings is 1. The highest BCUT2D eigenvalue weighted by Gasteiger charge is 2.33. The number of carbonyl (C=O) groups excluding carboxylic acids is 1. The molecule has 0 spiro atoms. The summed E-state index contributed by atoms with van der Waals surface area (Å²) in [6.45, 7) is 4.50. The highest BCUT2D eigenvalue weighted by atomic mass is 16.5. The number of fused-ring (bicyclic) bond motifs is 1. The molecule has 1 aliphatic heterocycles. The van der Waals surface area contributed by atoms with Crippen molar-refractivity contribution in [3.63, 3.8) is 0 Å². The van der Waals surface area contributed by atoms with Crippen LogP contribution in [-0.4, -0.2) is 48.9 Å². The van der Waals surface area contributed by atoms with Crippen LogP contribution in [0.25, 0.3) is 10.8 Å². The molecular weight excluding hydrogens is 294 g/mol. The summed E-state index contributed by atoms with van der Waals surface area (Å²) in [4.78, 5) is 14.6. The first-order valence-electron chi connectivity index (χ1n) is 7.91. The molecule has 2 aromatic rings. The molecule has 5 nitrogen and oxygen atoms in total. The minimum absolute atomic E-state index is 0.119. The zero-order chi connectivity index (χ0) is 16.2. The summed E-state index contributed by atoms with van der Waals surface area (Å²) in [6.07, 6.45) is 0. The van der Waals surface area contributed by atoms with Gasteiger partial charge in [-0.25, -0.2) is 4.79 Å². The fraction of sp³-hybridized carbons (Fsp3) is 0.389. The first-order valence-corrected chi connectivity index (χ1v) is 7.91. The van der Waals surface area contributed by atoms with E-state index in [0.717, 1.165) is 10.8 Å². The lowest BCUT2D eigenvalue weighted by Crippen LogP contribution is -2.42. The SMILES string of the molecule is CCOC(=O)C(c1c(O)ccc2ccccc12)N1CCOCC1. The highest BCUT2D eigenvalue weighted by molar-refractivity contribution is 5.93. The molecule has 1 unspecified atom stereocenters. The Bertz CT molecular complexity index is 694. The van der Waals surface area contributed by atoms with Gasteiger partial charge >= 0.3 is 5.97 Å². The van der Waals surface area contributed by atoms with Gasteiger partial charge in [0.1, 0.15) is 11.8 Å². The molecule has 0 bridgehead atoms. The summed E-state index contributed by atoms with van der Waals surface area (Å²) < 4.78 is 10.7. The third-order valence-electron chi connectivity index (χ3n) is 4.14. The average Bonchev–Trinajstić information content (AvgIpc) is 2.58. The summed E-state index contributed by atoms with van der Waals surface area (Å²) in [5.41, 5.74) is 0.614. The van der Waals surface area contributed by atoms with E-state index >= 15 is 0 Å². The molecule has 0 aliphatic carbocycles. The number of phenolic OH excluding ortho intramolecular Hbond substituents is 1. The number of benzene rings is 2. The van der Waals surface area contributed by atoms with Crippen molar-refractivity contribution in [2.24, 2.45) is 0 Å². The molecule has 5 heteroatoms. The lowest BCUT2D eigenvalue weighted by molar-refractivity contribution is -0.151. The van der Waals surface area contributed by atoms with Crippen LogP contribution in [0.2, 0.25) is 0 Å². The van der Waals surface area contributed by atoms with E-state index in [1.807, 2.05) is 35.2 Å². The minimum Gasteiger partial charge on any atom is -0.508 e. The molecule has 0 amide bonds. The molecule has 1 heterocycles. The van der Waals surface area contributed by atoms with Gasteiger partial charge in [-0.2, -0.15) is 0 Å². The summed E-state index contributed by atoms with van der Waals surface area (Å²) in [5, 5.41) is 12.3. The monoisotopic (exact) mass is 315 g/mol. The van der Waals surface area contributed by atoms with E-state index in [1.54, 1.807) is 13.0 Å². The molecule has 0 radical (unpaired) electrons. The van der Waals surface area contributed by atoms with Gasteiger partial charge < -0.3 is 14.6 Å². The molecule has 2 aromatic carbocycles. The number of hydrogen-bond donors (Lipinski definition) is 1. The van der Waals surface area contributed by atoms with Crippen molar-refractivity contribution in [2.45, 2.75) is 13.0 Å². The number of carbonyl (C=O) groups is 1. The van der Waals surface area contributed by atoms with E-state index in [1.165, 1.54) is 0 Å². The Balaban J connectivity index is 2.12. The largest absolute Gasteiger partial charge is 0.508 e. The van der Waals surface area contributed by atoms with E-state index in [9.17, 15) is 9.90 Å². The van der Waals surface area contributed by atoms with Gasteiger partial charge in [0, 0.05) is 18.7 Å². The summed E-state index contributed by atoms with van der Waals surface area (Å²) in [7, 11) is 0. The normalized spacial score (nSPS) is 17.1. The molecule has 0 aromatic heterocycles. The van der Waals surface area contributed by atoms with Crippen molar-refractivity contribution in [1.82, 2.24) is 4.90 Å². The van der Waals surface area contributed by atoms with Crippen molar-refractivity contribution >= 4 is 16.7 Å². The predicted octanol–water partition coefficient (Wildman–Crippen LogP) is 2.48. The van der Waals surface area contributed by atoms with E-state index in [4.69, 9.17) is 9.47 Å². The fourth-order valence-corrected chi connectivity index (χ4v) is 3.08. The Kier molecular flexibility index (Phi) is 4.79. The van der Waals surface area contributed by atoms with Crippen LogP contribution in [-0.2, 0) is 14.3 Å². The van der Waals surface area contributed by atoms with E-state index in [0.29, 0.717) is 38.5 Å². The average molecular weight is 315 g/mol. The molecule has 3 rings (SSSR count). The molecule has 1 N–H and O–H groups in total. The van der Waals surface area contributed by atoms with Crippen molar-refractivity contribution in [2.75, 3.05) is 32.9 Å². The zero-order valence-electron chi connectivity index (χ0n) is 13.2. The van der Waals surface area contributed by atoms with Crippen LogP contribution in [0.5, 0.6) is 5.75 Å². The van der Waals surface area contributed by atoms with Gasteiger partial charge in [-0.3, -0.25) is 4.90 Å². The summed E-state index contributed by atoms with van der Waals surface area (Å²) >= 11 is 0. The molecular formula is C18H21NO4. The van der Waals surface area contributed by atoms with E-state index in [2.05, 4.69) is 0 Å². The highest BCUT2D eigenvalue weighted by Crippen LogP contribution is 2.36. The van der Waals surface area contributed by atoms with Crippen LogP contribution < -0.4 is 0 Å². The number of ether oxygens (including phenoxy) is 2. The lowest BCUT2D eigenvalue weighted by atomic mass is 9.96. The number of phenols is 1. The van der Waals surface area contributed by atoms with Gasteiger partial charge in [-0.1, -0.05) is 30.3 Å². The lowest BCUT2D eigenvalue weighted by Gasteiger charge is -2.33. The number of esters is 1. The van der Waals surface area contributed by atoms with Crippen LogP contribution in [0.3, 0.4) is 0 Å². The van der Waals surface area contributed by atoms with Crippen molar-refractivity contribution in [3.05, 3.63) is 42.0 Å². The number of rotatable bonds is 4. The Morgan fingerprint density at radius 1 is 1.26 bits per heavy atom. The topological polar surface area (TPSA) is 59.0 Å². The second kappa shape index (κ2) is 6.98. The zero-order valence-corrected chi connectivity index (χ0v) is 13.2. The molecule has 1 atom stereocenters. The van der Waals surface area contributed by atoms with E-state index in [-0.39, 0.29) is 11.7 Å². The standard InChI is InChI=1S/C18H21NO4/c1-2-23-18(21)17(19-9-11-22-12-10-19)16-14-6-4-3-5-13(14)7-8-15(16)20/h3-8,17,20H,2,9-12H2,1H3. The maximum absolute atomic E-state index is 12.6. The van der Waals surface area contributed by atoms with Crippen LogP contribution in [0.15, 0.2) is 36.4 Å². The van der Waals surface area contributed by atoms with Gasteiger partial charge in [0.25, 0.3) is 0 Å². The molecule has 1 fully saturated rings. The smallest absolute Gasteiger partial charge is 0.328 e. The van der Waals surface area contributed by atoms with Crippen molar-refractivity contribution in [1.29, 1.82) is 0 Å². The second-order valence-electron chi connectivity index (χ2n) is 5.52. The summed E-state index contributed by atoms with van der Waals surface area (Å²) in [6, 6.07) is 10.6. The molecule has 23 heavy (non-hydrogen) atoms. The van der Waals surface area contributed by atoms with Gasteiger partial charge in [0.05, 0.1) is 19.8 Å². The van der Waals surface area contributed by atoms with Crippen LogP contribution in [0.4, 0.5) is 0 Å². The van der Waals surface area contributed by atoms with Gasteiger partial charge in [-0.05, 0) is 23.8 Å². The first kappa shape index (κ1) is 15.8. The van der Waals surface area contributed by atoms with Crippen molar-refractivity contribution < 1.29 is 19.4 Å². The van der Waals surface area contributed by atoms with Crippen LogP contribution in [0, 0.1) is 0 Å². The van der Waals surface area contributed by atoms with Gasteiger partial charge in [0.2, 0.25) is 0 Å².